The fourth-order valence-corrected chi connectivity index (χ4v) is 3.49. The van der Waals surface area contributed by atoms with Gasteiger partial charge in [-0.05, 0) is 36.2 Å². The van der Waals surface area contributed by atoms with E-state index in [1.807, 2.05) is 30.3 Å². The van der Waals surface area contributed by atoms with Crippen LogP contribution in [0.2, 0.25) is 0 Å². The maximum atomic E-state index is 12.6. The van der Waals surface area contributed by atoms with Gasteiger partial charge in [-0.15, -0.1) is 0 Å². The van der Waals surface area contributed by atoms with Crippen molar-refractivity contribution in [2.24, 2.45) is 0 Å². The molecular weight excluding hydrogens is 391 g/mol. The summed E-state index contributed by atoms with van der Waals surface area (Å²) in [5, 5.41) is 0. The summed E-state index contributed by atoms with van der Waals surface area (Å²) < 4.78 is 64.5. The van der Waals surface area contributed by atoms with Crippen LogP contribution in [0.1, 0.15) is 11.1 Å². The number of benzene rings is 2. The van der Waals surface area contributed by atoms with Crippen LogP contribution >= 0.6 is 0 Å². The predicted octanol–water partition coefficient (Wildman–Crippen LogP) is 3.68. The molecule has 0 saturated heterocycles. The molecular formula is C19H16F3N3O2S. The van der Waals surface area contributed by atoms with Crippen molar-refractivity contribution in [3.8, 4) is 11.4 Å². The Balaban J connectivity index is 1.59. The molecule has 0 amide bonds. The number of alkyl halides is 3. The summed E-state index contributed by atoms with van der Waals surface area (Å²) in [6, 6.07) is 12.8. The van der Waals surface area contributed by atoms with Gasteiger partial charge in [0.05, 0.1) is 10.5 Å². The molecule has 1 aromatic heterocycles. The quantitative estimate of drug-likeness (QED) is 0.677. The summed E-state index contributed by atoms with van der Waals surface area (Å²) >= 11 is 0. The van der Waals surface area contributed by atoms with Gasteiger partial charge in [0.25, 0.3) is 0 Å². The first-order valence-corrected chi connectivity index (χ1v) is 9.77. The zero-order valence-corrected chi connectivity index (χ0v) is 15.3. The van der Waals surface area contributed by atoms with E-state index in [4.69, 9.17) is 0 Å². The van der Waals surface area contributed by atoms with E-state index in [0.29, 0.717) is 12.2 Å². The lowest BCUT2D eigenvalue weighted by Crippen LogP contribution is -2.26. The summed E-state index contributed by atoms with van der Waals surface area (Å²) in [7, 11) is -3.90. The van der Waals surface area contributed by atoms with E-state index in [2.05, 4.69) is 14.7 Å². The van der Waals surface area contributed by atoms with Gasteiger partial charge in [0, 0.05) is 24.5 Å². The van der Waals surface area contributed by atoms with Gasteiger partial charge in [0.15, 0.2) is 5.82 Å². The number of rotatable bonds is 6. The van der Waals surface area contributed by atoms with Crippen molar-refractivity contribution in [2.45, 2.75) is 17.5 Å². The highest BCUT2D eigenvalue weighted by Gasteiger charge is 2.30. The maximum Gasteiger partial charge on any atom is 0.416 e. The minimum absolute atomic E-state index is 0.0669. The molecule has 146 valence electrons. The smallest absolute Gasteiger partial charge is 0.236 e. The molecule has 0 aliphatic carbocycles. The van der Waals surface area contributed by atoms with Gasteiger partial charge in [0.2, 0.25) is 10.0 Å². The third-order valence-electron chi connectivity index (χ3n) is 3.94. The zero-order chi connectivity index (χ0) is 20.2. The van der Waals surface area contributed by atoms with E-state index in [9.17, 15) is 21.6 Å². The number of nitrogens with zero attached hydrogens (tertiary/aromatic N) is 2. The topological polar surface area (TPSA) is 72.0 Å². The van der Waals surface area contributed by atoms with E-state index in [1.54, 1.807) is 12.4 Å². The van der Waals surface area contributed by atoms with Crippen molar-refractivity contribution >= 4 is 10.0 Å². The summed E-state index contributed by atoms with van der Waals surface area (Å²) in [5.41, 5.74) is 0.703. The third kappa shape index (κ3) is 4.93. The lowest BCUT2D eigenvalue weighted by molar-refractivity contribution is -0.137. The largest absolute Gasteiger partial charge is 0.416 e. The predicted molar refractivity (Wildman–Crippen MR) is 97.8 cm³/mol. The second kappa shape index (κ2) is 8.07. The van der Waals surface area contributed by atoms with Crippen molar-refractivity contribution in [3.63, 3.8) is 0 Å². The number of sulfonamides is 1. The third-order valence-corrected chi connectivity index (χ3v) is 5.41. The van der Waals surface area contributed by atoms with Gasteiger partial charge in [-0.3, -0.25) is 0 Å². The average molecular weight is 407 g/mol. The Hall–Kier alpha value is -2.78. The Morgan fingerprint density at radius 2 is 1.50 bits per heavy atom. The summed E-state index contributed by atoms with van der Waals surface area (Å²) in [6.07, 6.45) is -0.944. The van der Waals surface area contributed by atoms with E-state index in [0.717, 1.165) is 35.4 Å². The number of nitrogens with one attached hydrogen (secondary N) is 1. The van der Waals surface area contributed by atoms with Crippen LogP contribution in [0.4, 0.5) is 13.2 Å². The van der Waals surface area contributed by atoms with Gasteiger partial charge < -0.3 is 0 Å². The molecule has 0 spiro atoms. The van der Waals surface area contributed by atoms with Crippen LogP contribution in [0.5, 0.6) is 0 Å². The Bertz CT molecular complexity index is 1020. The molecule has 28 heavy (non-hydrogen) atoms. The van der Waals surface area contributed by atoms with Crippen molar-refractivity contribution < 1.29 is 21.6 Å². The molecule has 0 aliphatic rings. The second-order valence-corrected chi connectivity index (χ2v) is 7.72. The summed E-state index contributed by atoms with van der Waals surface area (Å²) in [6.45, 7) is 0.0669. The van der Waals surface area contributed by atoms with Crippen molar-refractivity contribution in [1.82, 2.24) is 14.7 Å². The standard InChI is InChI=1S/C19H16F3N3O2S/c20-19(21,22)16-6-8-17(9-7-16)28(26,27)25-11-10-14-12-23-18(24-13-14)15-4-2-1-3-5-15/h1-9,12-13,25H,10-11H2. The van der Waals surface area contributed by atoms with Crippen LogP contribution in [-0.2, 0) is 22.6 Å². The molecule has 5 nitrogen and oxygen atoms in total. The summed E-state index contributed by atoms with van der Waals surface area (Å²) in [4.78, 5) is 8.29. The van der Waals surface area contributed by atoms with Crippen LogP contribution < -0.4 is 4.72 Å². The normalized spacial score (nSPS) is 12.1. The highest BCUT2D eigenvalue weighted by molar-refractivity contribution is 7.89. The molecule has 1 heterocycles. The molecule has 0 unspecified atom stereocenters. The van der Waals surface area contributed by atoms with E-state index < -0.39 is 21.8 Å². The van der Waals surface area contributed by atoms with Crippen LogP contribution in [0.15, 0.2) is 71.9 Å². The molecule has 0 aliphatic heterocycles. The van der Waals surface area contributed by atoms with Gasteiger partial charge in [-0.2, -0.15) is 13.2 Å². The lowest BCUT2D eigenvalue weighted by Gasteiger charge is -2.09. The number of aromatic nitrogens is 2. The first kappa shape index (κ1) is 20.0. The van der Waals surface area contributed by atoms with Crippen molar-refractivity contribution in [2.75, 3.05) is 6.54 Å². The minimum atomic E-state index is -4.51. The number of halogens is 3. The van der Waals surface area contributed by atoms with Gasteiger partial charge in [-0.1, -0.05) is 30.3 Å². The fourth-order valence-electron chi connectivity index (χ4n) is 2.46. The molecule has 2 aromatic carbocycles. The van der Waals surface area contributed by atoms with Crippen LogP contribution in [-0.4, -0.2) is 24.9 Å². The van der Waals surface area contributed by atoms with Crippen LogP contribution in [0.25, 0.3) is 11.4 Å². The molecule has 0 fully saturated rings. The monoisotopic (exact) mass is 407 g/mol. The Kier molecular flexibility index (Phi) is 5.76. The van der Waals surface area contributed by atoms with E-state index >= 15 is 0 Å². The molecule has 0 saturated carbocycles. The Morgan fingerprint density at radius 3 is 2.07 bits per heavy atom. The molecule has 0 bridgehead atoms. The minimum Gasteiger partial charge on any atom is -0.236 e. The molecule has 9 heteroatoms. The highest BCUT2D eigenvalue weighted by atomic mass is 32.2. The number of hydrogen-bond donors (Lipinski definition) is 1. The molecule has 0 radical (unpaired) electrons. The first-order chi connectivity index (χ1) is 13.3. The Labute approximate surface area is 160 Å². The fraction of sp³-hybridized carbons (Fsp3) is 0.158. The second-order valence-electron chi connectivity index (χ2n) is 5.95. The van der Waals surface area contributed by atoms with E-state index in [-0.39, 0.29) is 11.4 Å². The van der Waals surface area contributed by atoms with Crippen molar-refractivity contribution in [1.29, 1.82) is 0 Å². The molecule has 1 N–H and O–H groups in total. The van der Waals surface area contributed by atoms with Gasteiger partial charge in [-0.25, -0.2) is 23.1 Å². The summed E-state index contributed by atoms with van der Waals surface area (Å²) in [5.74, 6) is 0.565. The van der Waals surface area contributed by atoms with Crippen molar-refractivity contribution in [3.05, 3.63) is 78.1 Å². The van der Waals surface area contributed by atoms with E-state index in [1.165, 1.54) is 0 Å². The highest BCUT2D eigenvalue weighted by Crippen LogP contribution is 2.29. The zero-order valence-electron chi connectivity index (χ0n) is 14.5. The lowest BCUT2D eigenvalue weighted by atomic mass is 10.2. The SMILES string of the molecule is O=S(=O)(NCCc1cnc(-c2ccccc2)nc1)c1ccc(C(F)(F)F)cc1. The Morgan fingerprint density at radius 1 is 0.893 bits per heavy atom. The molecule has 3 aromatic rings. The first-order valence-electron chi connectivity index (χ1n) is 8.29. The molecule has 0 atom stereocenters. The van der Waals surface area contributed by atoms with Gasteiger partial charge in [0.1, 0.15) is 0 Å². The maximum absolute atomic E-state index is 12.6. The number of hydrogen-bond acceptors (Lipinski definition) is 4. The van der Waals surface area contributed by atoms with Crippen LogP contribution in [0.3, 0.4) is 0 Å². The molecule has 3 rings (SSSR count). The van der Waals surface area contributed by atoms with Crippen LogP contribution in [0, 0.1) is 0 Å². The van der Waals surface area contributed by atoms with Gasteiger partial charge >= 0.3 is 6.18 Å². The average Bonchev–Trinajstić information content (AvgIpc) is 2.68.